The van der Waals surface area contributed by atoms with Crippen LogP contribution in [0.2, 0.25) is 5.02 Å². The number of hydrogen-bond donors (Lipinski definition) is 2. The Morgan fingerprint density at radius 2 is 1.96 bits per heavy atom. The molecule has 7 heteroatoms. The lowest BCUT2D eigenvalue weighted by atomic mass is 10.1. The second-order valence-electron chi connectivity index (χ2n) is 5.03. The van der Waals surface area contributed by atoms with Crippen molar-refractivity contribution in [1.82, 2.24) is 5.32 Å². The number of thiocarbonyl (C=S) groups is 1. The maximum atomic E-state index is 12.6. The molecule has 3 rings (SSSR count). The minimum Gasteiger partial charge on any atom is -0.507 e. The van der Waals surface area contributed by atoms with Gasteiger partial charge in [0.15, 0.2) is 5.11 Å². The average molecular weight is 361 g/mol. The summed E-state index contributed by atoms with van der Waals surface area (Å²) in [6.45, 7) is 0. The first-order valence-electron chi connectivity index (χ1n) is 6.99. The molecule has 0 saturated carbocycles. The summed E-state index contributed by atoms with van der Waals surface area (Å²) in [5, 5.41) is 13.5. The number of methoxy groups -OCH3 is 1. The van der Waals surface area contributed by atoms with Crippen molar-refractivity contribution in [1.29, 1.82) is 0 Å². The number of anilines is 1. The molecule has 0 aliphatic carbocycles. The summed E-state index contributed by atoms with van der Waals surface area (Å²) in [4.78, 5) is 14.0. The SMILES string of the molecule is COc1ccc(N2C(=O)C(=Cc3cc(Cl)ccc3O)NC2=S)cc1. The van der Waals surface area contributed by atoms with Crippen LogP contribution in [0, 0.1) is 0 Å². The molecule has 2 aromatic rings. The molecule has 0 spiro atoms. The van der Waals surface area contributed by atoms with E-state index in [2.05, 4.69) is 5.32 Å². The number of amides is 1. The number of ether oxygens (including phenoxy) is 1. The van der Waals surface area contributed by atoms with Gasteiger partial charge in [0.25, 0.3) is 5.91 Å². The number of nitrogens with one attached hydrogen (secondary N) is 1. The summed E-state index contributed by atoms with van der Waals surface area (Å²) in [5.74, 6) is 0.392. The summed E-state index contributed by atoms with van der Waals surface area (Å²) >= 11 is 11.2. The Bertz CT molecular complexity index is 849. The Hall–Kier alpha value is -2.57. The number of phenolic OH excluding ortho intramolecular Hbond substituents is 1. The summed E-state index contributed by atoms with van der Waals surface area (Å²) < 4.78 is 5.11. The fourth-order valence-electron chi connectivity index (χ4n) is 2.30. The third kappa shape index (κ3) is 3.06. The number of halogens is 1. The third-order valence-corrected chi connectivity index (χ3v) is 4.02. The smallest absolute Gasteiger partial charge is 0.281 e. The molecule has 1 saturated heterocycles. The molecule has 1 aliphatic heterocycles. The predicted molar refractivity (Wildman–Crippen MR) is 97.3 cm³/mol. The molecule has 24 heavy (non-hydrogen) atoms. The molecule has 1 fully saturated rings. The maximum Gasteiger partial charge on any atom is 0.281 e. The van der Waals surface area contributed by atoms with Gasteiger partial charge in [0.1, 0.15) is 17.2 Å². The van der Waals surface area contributed by atoms with Crippen LogP contribution in [-0.4, -0.2) is 23.2 Å². The first-order chi connectivity index (χ1) is 11.5. The van der Waals surface area contributed by atoms with E-state index < -0.39 is 0 Å². The number of carbonyl (C=O) groups is 1. The highest BCUT2D eigenvalue weighted by Gasteiger charge is 2.32. The lowest BCUT2D eigenvalue weighted by Gasteiger charge is -2.14. The van der Waals surface area contributed by atoms with Gasteiger partial charge in [-0.05, 0) is 60.8 Å². The van der Waals surface area contributed by atoms with E-state index in [4.69, 9.17) is 28.6 Å². The molecular weight excluding hydrogens is 348 g/mol. The zero-order valence-corrected chi connectivity index (χ0v) is 14.2. The minimum atomic E-state index is -0.315. The van der Waals surface area contributed by atoms with Gasteiger partial charge in [0.05, 0.1) is 12.8 Å². The number of aromatic hydroxyl groups is 1. The van der Waals surface area contributed by atoms with E-state index in [9.17, 15) is 9.90 Å². The van der Waals surface area contributed by atoms with Crippen LogP contribution in [0.4, 0.5) is 5.69 Å². The molecule has 0 aromatic heterocycles. The van der Waals surface area contributed by atoms with Crippen molar-refractivity contribution in [2.24, 2.45) is 0 Å². The molecule has 1 heterocycles. The van der Waals surface area contributed by atoms with Crippen LogP contribution in [0.5, 0.6) is 11.5 Å². The lowest BCUT2D eigenvalue weighted by molar-refractivity contribution is -0.113. The topological polar surface area (TPSA) is 61.8 Å². The van der Waals surface area contributed by atoms with Gasteiger partial charge >= 0.3 is 0 Å². The van der Waals surface area contributed by atoms with Crippen molar-refractivity contribution in [2.45, 2.75) is 0 Å². The van der Waals surface area contributed by atoms with Gasteiger partial charge in [-0.25, -0.2) is 0 Å². The van der Waals surface area contributed by atoms with Crippen molar-refractivity contribution >= 4 is 46.6 Å². The maximum absolute atomic E-state index is 12.6. The Morgan fingerprint density at radius 1 is 1.25 bits per heavy atom. The zero-order valence-electron chi connectivity index (χ0n) is 12.6. The summed E-state index contributed by atoms with van der Waals surface area (Å²) in [6, 6.07) is 11.6. The van der Waals surface area contributed by atoms with Crippen molar-refractivity contribution < 1.29 is 14.6 Å². The predicted octanol–water partition coefficient (Wildman–Crippen LogP) is 3.32. The molecule has 1 amide bonds. The quantitative estimate of drug-likeness (QED) is 0.649. The van der Waals surface area contributed by atoms with E-state index in [1.54, 1.807) is 43.5 Å². The average Bonchev–Trinajstić information content (AvgIpc) is 2.85. The van der Waals surface area contributed by atoms with Crippen molar-refractivity contribution in [3.05, 3.63) is 58.7 Å². The van der Waals surface area contributed by atoms with Crippen LogP contribution < -0.4 is 15.0 Å². The second kappa shape index (κ2) is 6.51. The molecule has 0 unspecified atom stereocenters. The van der Waals surface area contributed by atoms with E-state index in [1.807, 2.05) is 0 Å². The van der Waals surface area contributed by atoms with Crippen molar-refractivity contribution in [3.8, 4) is 11.5 Å². The lowest BCUT2D eigenvalue weighted by Crippen LogP contribution is -2.30. The molecule has 2 N–H and O–H groups in total. The van der Waals surface area contributed by atoms with E-state index in [-0.39, 0.29) is 22.5 Å². The molecule has 1 aliphatic rings. The Balaban J connectivity index is 1.93. The highest BCUT2D eigenvalue weighted by Crippen LogP contribution is 2.27. The highest BCUT2D eigenvalue weighted by molar-refractivity contribution is 7.80. The monoisotopic (exact) mass is 360 g/mol. The number of benzene rings is 2. The first-order valence-corrected chi connectivity index (χ1v) is 7.78. The van der Waals surface area contributed by atoms with E-state index in [0.29, 0.717) is 22.0 Å². The molecule has 0 atom stereocenters. The van der Waals surface area contributed by atoms with Crippen LogP contribution in [0.3, 0.4) is 0 Å². The van der Waals surface area contributed by atoms with E-state index >= 15 is 0 Å². The van der Waals surface area contributed by atoms with Crippen molar-refractivity contribution in [2.75, 3.05) is 12.0 Å². The van der Waals surface area contributed by atoms with Gasteiger partial charge < -0.3 is 15.2 Å². The molecule has 5 nitrogen and oxygen atoms in total. The largest absolute Gasteiger partial charge is 0.507 e. The van der Waals surface area contributed by atoms with Gasteiger partial charge in [-0.2, -0.15) is 0 Å². The number of phenols is 1. The first kappa shape index (κ1) is 16.3. The van der Waals surface area contributed by atoms with Crippen LogP contribution in [0.25, 0.3) is 6.08 Å². The number of rotatable bonds is 3. The van der Waals surface area contributed by atoms with Crippen LogP contribution in [0.1, 0.15) is 5.56 Å². The minimum absolute atomic E-state index is 0.0234. The molecule has 122 valence electrons. The summed E-state index contributed by atoms with van der Waals surface area (Å²) in [5.41, 5.74) is 1.31. The Kier molecular flexibility index (Phi) is 4.42. The van der Waals surface area contributed by atoms with E-state index in [0.717, 1.165) is 0 Å². The van der Waals surface area contributed by atoms with Gasteiger partial charge in [-0.15, -0.1) is 0 Å². The molecule has 2 aromatic carbocycles. The number of nitrogens with zero attached hydrogens (tertiary/aromatic N) is 1. The number of carbonyl (C=O) groups excluding carboxylic acids is 1. The van der Waals surface area contributed by atoms with Gasteiger partial charge in [-0.3, -0.25) is 9.69 Å². The molecule has 0 bridgehead atoms. The summed E-state index contributed by atoms with van der Waals surface area (Å²) in [6.07, 6.45) is 1.51. The van der Waals surface area contributed by atoms with Gasteiger partial charge in [0, 0.05) is 10.6 Å². The van der Waals surface area contributed by atoms with Crippen LogP contribution in [-0.2, 0) is 4.79 Å². The van der Waals surface area contributed by atoms with E-state index in [1.165, 1.54) is 17.0 Å². The molecule has 0 radical (unpaired) electrons. The Morgan fingerprint density at radius 3 is 2.62 bits per heavy atom. The van der Waals surface area contributed by atoms with Crippen LogP contribution >= 0.6 is 23.8 Å². The second-order valence-corrected chi connectivity index (χ2v) is 5.85. The van der Waals surface area contributed by atoms with Crippen LogP contribution in [0.15, 0.2) is 48.2 Å². The van der Waals surface area contributed by atoms with Crippen molar-refractivity contribution in [3.63, 3.8) is 0 Å². The third-order valence-electron chi connectivity index (χ3n) is 3.50. The number of hydrogen-bond acceptors (Lipinski definition) is 4. The zero-order chi connectivity index (χ0) is 17.3. The summed E-state index contributed by atoms with van der Waals surface area (Å²) in [7, 11) is 1.57. The van der Waals surface area contributed by atoms with Gasteiger partial charge in [0.2, 0.25) is 0 Å². The Labute approximate surface area is 149 Å². The fraction of sp³-hybridized carbons (Fsp3) is 0.0588. The standard InChI is InChI=1S/C17H13ClN2O3S/c1-23-13-5-3-12(4-6-13)20-16(22)14(19-17(20)24)9-10-8-11(18)2-7-15(10)21/h2-9,21H,1H3,(H,19,24). The normalized spacial score (nSPS) is 15.8. The highest BCUT2D eigenvalue weighted by atomic mass is 35.5. The molecular formula is C17H13ClN2O3S. The fourth-order valence-corrected chi connectivity index (χ4v) is 2.78. The van der Waals surface area contributed by atoms with Gasteiger partial charge in [-0.1, -0.05) is 11.6 Å².